The van der Waals surface area contributed by atoms with Gasteiger partial charge in [0.1, 0.15) is 0 Å². The lowest BCUT2D eigenvalue weighted by atomic mass is 10.1. The van der Waals surface area contributed by atoms with E-state index in [9.17, 15) is 15.2 Å². The van der Waals surface area contributed by atoms with Gasteiger partial charge in [0.15, 0.2) is 0 Å². The average Bonchev–Trinajstić information content (AvgIpc) is 2.66. The fourth-order valence-corrected chi connectivity index (χ4v) is 2.36. The van der Waals surface area contributed by atoms with Gasteiger partial charge in [0.25, 0.3) is 5.69 Å². The molecule has 0 unspecified atom stereocenters. The van der Waals surface area contributed by atoms with E-state index in [1.165, 1.54) is 24.3 Å². The second-order valence-corrected chi connectivity index (χ2v) is 5.38. The lowest BCUT2D eigenvalue weighted by molar-refractivity contribution is -0.384. The number of anilines is 1. The number of aliphatic hydroxyl groups is 3. The molecule has 0 saturated carbocycles. The van der Waals surface area contributed by atoms with Gasteiger partial charge < -0.3 is 20.2 Å². The van der Waals surface area contributed by atoms with Gasteiger partial charge in [0.05, 0.1) is 36.1 Å². The highest BCUT2D eigenvalue weighted by Gasteiger charge is 2.09. The Morgan fingerprint density at radius 1 is 0.962 bits per heavy atom. The zero-order valence-corrected chi connectivity index (χ0v) is 14.0. The molecule has 26 heavy (non-hydrogen) atoms. The van der Waals surface area contributed by atoms with Crippen LogP contribution in [0.1, 0.15) is 5.56 Å². The summed E-state index contributed by atoms with van der Waals surface area (Å²) in [6, 6.07) is 10.8. The maximum Gasteiger partial charge on any atom is 0.269 e. The summed E-state index contributed by atoms with van der Waals surface area (Å²) in [7, 11) is 0. The molecule has 0 saturated heterocycles. The summed E-state index contributed by atoms with van der Waals surface area (Å²) in [4.78, 5) is 11.9. The fraction of sp³-hybridized carbons (Fsp3) is 0.294. The molecule has 3 N–H and O–H groups in total. The van der Waals surface area contributed by atoms with Crippen LogP contribution in [-0.4, -0.2) is 46.5 Å². The van der Waals surface area contributed by atoms with Crippen molar-refractivity contribution in [3.63, 3.8) is 0 Å². The van der Waals surface area contributed by atoms with Crippen molar-refractivity contribution in [2.75, 3.05) is 31.2 Å². The average molecular weight is 360 g/mol. The highest BCUT2D eigenvalue weighted by atomic mass is 16.6. The minimum Gasteiger partial charge on any atom is -0.395 e. The highest BCUT2D eigenvalue weighted by Crippen LogP contribution is 2.28. The molecule has 0 aliphatic rings. The lowest BCUT2D eigenvalue weighted by Gasteiger charge is -2.23. The van der Waals surface area contributed by atoms with Crippen LogP contribution >= 0.6 is 0 Å². The highest BCUT2D eigenvalue weighted by molar-refractivity contribution is 5.58. The third-order valence-electron chi connectivity index (χ3n) is 3.67. The minimum absolute atomic E-state index is 0.0304. The smallest absolute Gasteiger partial charge is 0.269 e. The molecular formula is C17H20N4O5. The van der Waals surface area contributed by atoms with E-state index in [4.69, 9.17) is 10.2 Å². The van der Waals surface area contributed by atoms with Crippen molar-refractivity contribution >= 4 is 22.7 Å². The summed E-state index contributed by atoms with van der Waals surface area (Å²) >= 11 is 0. The Kier molecular flexibility index (Phi) is 7.15. The number of benzene rings is 2. The van der Waals surface area contributed by atoms with Crippen molar-refractivity contribution in [2.45, 2.75) is 6.61 Å². The topological polar surface area (TPSA) is 132 Å². The van der Waals surface area contributed by atoms with Gasteiger partial charge in [-0.3, -0.25) is 10.1 Å². The van der Waals surface area contributed by atoms with Gasteiger partial charge >= 0.3 is 0 Å². The molecule has 0 spiro atoms. The SMILES string of the molecule is O=[N+]([O-])c1ccc(N=Nc2ccc(N(CCO)CCO)cc2CO)cc1. The van der Waals surface area contributed by atoms with Crippen LogP contribution < -0.4 is 4.90 Å². The van der Waals surface area contributed by atoms with Gasteiger partial charge in [-0.2, -0.15) is 10.2 Å². The Balaban J connectivity index is 2.22. The molecule has 0 aliphatic carbocycles. The number of aliphatic hydroxyl groups excluding tert-OH is 3. The van der Waals surface area contributed by atoms with Crippen LogP contribution in [0.3, 0.4) is 0 Å². The molecule has 0 amide bonds. The second-order valence-electron chi connectivity index (χ2n) is 5.38. The van der Waals surface area contributed by atoms with Crippen LogP contribution in [-0.2, 0) is 6.61 Å². The quantitative estimate of drug-likeness (QED) is 0.357. The molecule has 9 nitrogen and oxygen atoms in total. The van der Waals surface area contributed by atoms with E-state index in [1.54, 1.807) is 23.1 Å². The maximum atomic E-state index is 10.6. The summed E-state index contributed by atoms with van der Waals surface area (Å²) in [6.45, 7) is 0.338. The van der Waals surface area contributed by atoms with Crippen LogP contribution in [0.4, 0.5) is 22.7 Å². The van der Waals surface area contributed by atoms with Gasteiger partial charge in [0, 0.05) is 36.5 Å². The van der Waals surface area contributed by atoms with Gasteiger partial charge in [-0.25, -0.2) is 0 Å². The first-order valence-corrected chi connectivity index (χ1v) is 7.95. The molecular weight excluding hydrogens is 340 g/mol. The zero-order valence-electron chi connectivity index (χ0n) is 14.0. The van der Waals surface area contributed by atoms with Gasteiger partial charge in [0.2, 0.25) is 0 Å². The van der Waals surface area contributed by atoms with Crippen molar-refractivity contribution in [3.05, 3.63) is 58.1 Å². The Morgan fingerprint density at radius 3 is 2.15 bits per heavy atom. The first-order valence-electron chi connectivity index (χ1n) is 7.95. The molecule has 0 aromatic heterocycles. The number of non-ortho nitro benzene ring substituents is 1. The molecule has 0 atom stereocenters. The summed E-state index contributed by atoms with van der Waals surface area (Å²) in [5.74, 6) is 0. The van der Waals surface area contributed by atoms with Crippen LogP contribution in [0.5, 0.6) is 0 Å². The molecule has 0 bridgehead atoms. The monoisotopic (exact) mass is 360 g/mol. The zero-order chi connectivity index (χ0) is 18.9. The summed E-state index contributed by atoms with van der Waals surface area (Å²) in [5.41, 5.74) is 2.16. The first kappa shape index (κ1) is 19.4. The number of nitro benzene ring substituents is 1. The van der Waals surface area contributed by atoms with E-state index in [-0.39, 0.29) is 25.5 Å². The number of azo groups is 1. The van der Waals surface area contributed by atoms with Gasteiger partial charge in [-0.15, -0.1) is 0 Å². The normalized spacial score (nSPS) is 11.0. The molecule has 138 valence electrons. The van der Waals surface area contributed by atoms with E-state index >= 15 is 0 Å². The van der Waals surface area contributed by atoms with E-state index in [0.717, 1.165) is 5.69 Å². The summed E-state index contributed by atoms with van der Waals surface area (Å²) < 4.78 is 0. The summed E-state index contributed by atoms with van der Waals surface area (Å²) in [6.07, 6.45) is 0. The Hall–Kier alpha value is -2.88. The summed E-state index contributed by atoms with van der Waals surface area (Å²) in [5, 5.41) is 46.6. The largest absolute Gasteiger partial charge is 0.395 e. The van der Waals surface area contributed by atoms with Crippen molar-refractivity contribution < 1.29 is 20.2 Å². The van der Waals surface area contributed by atoms with E-state index in [2.05, 4.69) is 10.2 Å². The fourth-order valence-electron chi connectivity index (χ4n) is 2.36. The van der Waals surface area contributed by atoms with Crippen LogP contribution in [0.15, 0.2) is 52.7 Å². The third-order valence-corrected chi connectivity index (χ3v) is 3.67. The van der Waals surface area contributed by atoms with Gasteiger partial charge in [-0.05, 0) is 30.3 Å². The first-order chi connectivity index (χ1) is 12.6. The molecule has 9 heteroatoms. The Morgan fingerprint density at radius 2 is 1.62 bits per heavy atom. The number of nitro groups is 1. The number of hydrogen-bond acceptors (Lipinski definition) is 8. The molecule has 0 aliphatic heterocycles. The molecule has 2 aromatic rings. The molecule has 2 aromatic carbocycles. The maximum absolute atomic E-state index is 10.6. The lowest BCUT2D eigenvalue weighted by Crippen LogP contribution is -2.29. The third kappa shape index (κ3) is 5.06. The van der Waals surface area contributed by atoms with Crippen molar-refractivity contribution in [1.29, 1.82) is 0 Å². The van der Waals surface area contributed by atoms with Crippen LogP contribution in [0.25, 0.3) is 0 Å². The van der Waals surface area contributed by atoms with Crippen molar-refractivity contribution in [3.8, 4) is 0 Å². The Labute approximate surface area is 150 Å². The minimum atomic E-state index is -0.492. The number of nitrogens with zero attached hydrogens (tertiary/aromatic N) is 4. The standard InChI is InChI=1S/C17H20N4O5/c22-9-7-20(8-10-23)16-5-6-17(13(11-16)12-24)19-18-14-1-3-15(4-2-14)21(25)26/h1-6,11,22-24H,7-10,12H2. The Bertz CT molecular complexity index is 758. The molecule has 0 fully saturated rings. The molecule has 0 heterocycles. The predicted octanol–water partition coefficient (Wildman–Crippen LogP) is 2.29. The van der Waals surface area contributed by atoms with Crippen molar-refractivity contribution in [2.24, 2.45) is 10.2 Å². The predicted molar refractivity (Wildman–Crippen MR) is 96.0 cm³/mol. The van der Waals surface area contributed by atoms with E-state index in [1.807, 2.05) is 0 Å². The van der Waals surface area contributed by atoms with Gasteiger partial charge in [-0.1, -0.05) is 0 Å². The van der Waals surface area contributed by atoms with Crippen LogP contribution in [0, 0.1) is 10.1 Å². The van der Waals surface area contributed by atoms with Crippen LogP contribution in [0.2, 0.25) is 0 Å². The van der Waals surface area contributed by atoms with E-state index in [0.29, 0.717) is 30.0 Å². The second kappa shape index (κ2) is 9.56. The number of hydrogen-bond donors (Lipinski definition) is 3. The molecule has 0 radical (unpaired) electrons. The van der Waals surface area contributed by atoms with Crippen molar-refractivity contribution in [1.82, 2.24) is 0 Å². The number of rotatable bonds is 9. The molecule has 2 rings (SSSR count). The van der Waals surface area contributed by atoms with E-state index < -0.39 is 4.92 Å².